The van der Waals surface area contributed by atoms with Gasteiger partial charge in [0.25, 0.3) is 0 Å². The Hall–Kier alpha value is -6.18. The van der Waals surface area contributed by atoms with Crippen LogP contribution in [0.2, 0.25) is 0 Å². The lowest BCUT2D eigenvalue weighted by Crippen LogP contribution is -2.48. The van der Waals surface area contributed by atoms with Gasteiger partial charge in [-0.2, -0.15) is 5.26 Å². The number of fused-ring (bicyclic) bond motifs is 3. The molecule has 4 heteroatoms. The molecule has 4 bridgehead atoms. The summed E-state index contributed by atoms with van der Waals surface area (Å²) >= 11 is 0. The fourth-order valence-corrected chi connectivity index (χ4v) is 11.5. The maximum absolute atomic E-state index is 10.1. The average Bonchev–Trinajstić information content (AvgIpc) is 3.54. The summed E-state index contributed by atoms with van der Waals surface area (Å²) in [5.41, 5.74) is 11.8. The number of aromatic nitrogens is 3. The van der Waals surface area contributed by atoms with E-state index in [0.717, 1.165) is 45.6 Å². The van der Waals surface area contributed by atoms with Crippen LogP contribution < -0.4 is 0 Å². The summed E-state index contributed by atoms with van der Waals surface area (Å²) in [5, 5.41) is 10.1. The molecular weight excluding hydrogens is 669 g/mol. The van der Waals surface area contributed by atoms with Crippen molar-refractivity contribution in [3.8, 4) is 51.4 Å². The van der Waals surface area contributed by atoms with Gasteiger partial charge in [0.05, 0.1) is 17.0 Å². The summed E-state index contributed by atoms with van der Waals surface area (Å²) < 4.78 is 0. The van der Waals surface area contributed by atoms with E-state index < -0.39 is 5.41 Å². The van der Waals surface area contributed by atoms with Crippen molar-refractivity contribution in [1.82, 2.24) is 15.0 Å². The minimum absolute atomic E-state index is 0.323. The second-order valence-electron chi connectivity index (χ2n) is 16.6. The zero-order chi connectivity index (χ0) is 36.6. The molecule has 264 valence electrons. The number of nitriles is 1. The van der Waals surface area contributed by atoms with Crippen LogP contribution in [0.1, 0.15) is 71.9 Å². The van der Waals surface area contributed by atoms with E-state index in [1.807, 2.05) is 72.8 Å². The molecule has 0 N–H and O–H groups in total. The lowest BCUT2D eigenvalue weighted by Gasteiger charge is -2.57. The van der Waals surface area contributed by atoms with Gasteiger partial charge < -0.3 is 0 Å². The lowest BCUT2D eigenvalue weighted by molar-refractivity contribution is -0.00519. The summed E-state index contributed by atoms with van der Waals surface area (Å²) in [4.78, 5) is 15.1. The first kappa shape index (κ1) is 32.3. The monoisotopic (exact) mass is 708 g/mol. The summed E-state index contributed by atoms with van der Waals surface area (Å²) in [6.07, 6.45) is 8.36. The van der Waals surface area contributed by atoms with Crippen LogP contribution >= 0.6 is 0 Å². The number of nitrogens with zero attached hydrogens (tertiary/aromatic N) is 4. The van der Waals surface area contributed by atoms with Crippen LogP contribution in [-0.2, 0) is 10.8 Å². The molecular formula is C51H40N4. The molecule has 0 amide bonds. The third-order valence-electron chi connectivity index (χ3n) is 13.4. The first-order valence-electron chi connectivity index (χ1n) is 19.8. The molecule has 0 saturated heterocycles. The zero-order valence-electron chi connectivity index (χ0n) is 30.7. The molecule has 0 aliphatic heterocycles. The molecule has 5 aliphatic carbocycles. The highest BCUT2D eigenvalue weighted by Crippen LogP contribution is 2.61. The normalized spacial score (nSPS) is 24.2. The van der Waals surface area contributed by atoms with Crippen molar-refractivity contribution in [2.24, 2.45) is 17.8 Å². The Bertz CT molecular complexity index is 2550. The van der Waals surface area contributed by atoms with Gasteiger partial charge in [0.1, 0.15) is 0 Å². The molecule has 4 fully saturated rings. The molecule has 1 aromatic heterocycles. The largest absolute Gasteiger partial charge is 0.208 e. The highest BCUT2D eigenvalue weighted by atomic mass is 15.0. The van der Waals surface area contributed by atoms with Crippen molar-refractivity contribution in [2.75, 3.05) is 0 Å². The molecule has 1 unspecified atom stereocenters. The van der Waals surface area contributed by atoms with Gasteiger partial charge >= 0.3 is 0 Å². The van der Waals surface area contributed by atoms with Crippen LogP contribution in [0.25, 0.3) is 45.3 Å². The number of hydrogen-bond donors (Lipinski definition) is 0. The third kappa shape index (κ3) is 5.06. The van der Waals surface area contributed by atoms with E-state index in [2.05, 4.69) is 84.9 Å². The van der Waals surface area contributed by atoms with Gasteiger partial charge in [0.2, 0.25) is 0 Å². The Morgan fingerprint density at radius 1 is 0.455 bits per heavy atom. The van der Waals surface area contributed by atoms with Crippen LogP contribution in [0.15, 0.2) is 152 Å². The Kier molecular flexibility index (Phi) is 7.29. The molecule has 0 radical (unpaired) electrons. The lowest BCUT2D eigenvalue weighted by atomic mass is 9.48. The van der Waals surface area contributed by atoms with E-state index in [4.69, 9.17) is 15.0 Å². The van der Waals surface area contributed by atoms with Crippen LogP contribution in [0.3, 0.4) is 0 Å². The average molecular weight is 709 g/mol. The van der Waals surface area contributed by atoms with Gasteiger partial charge in [-0.3, -0.25) is 0 Å². The SMILES string of the molecule is N#Cc1cccc(C2(c3ccc(C45CC6CC(CC(C6)C4)C5)cc3)c3ccccc3-c3cc(-c4nc(-c5ccccc5)nc(-c5ccccc5)n4)ccc32)c1. The Labute approximate surface area is 322 Å². The quantitative estimate of drug-likeness (QED) is 0.172. The van der Waals surface area contributed by atoms with E-state index in [9.17, 15) is 5.26 Å². The molecule has 4 saturated carbocycles. The van der Waals surface area contributed by atoms with Gasteiger partial charge in [-0.15, -0.1) is 0 Å². The molecule has 12 rings (SSSR count). The van der Waals surface area contributed by atoms with E-state index in [0.29, 0.717) is 28.5 Å². The Balaban J connectivity index is 1.10. The molecule has 4 nitrogen and oxygen atoms in total. The number of hydrogen-bond acceptors (Lipinski definition) is 4. The first-order chi connectivity index (χ1) is 27.1. The van der Waals surface area contributed by atoms with Crippen molar-refractivity contribution in [1.29, 1.82) is 5.26 Å². The van der Waals surface area contributed by atoms with E-state index in [-0.39, 0.29) is 0 Å². The molecule has 1 atom stereocenters. The number of rotatable bonds is 6. The minimum Gasteiger partial charge on any atom is -0.208 e. The smallest absolute Gasteiger partial charge is 0.164 e. The fourth-order valence-electron chi connectivity index (χ4n) is 11.5. The first-order valence-corrected chi connectivity index (χ1v) is 19.8. The molecule has 6 aromatic carbocycles. The van der Waals surface area contributed by atoms with Crippen molar-refractivity contribution in [3.63, 3.8) is 0 Å². The summed E-state index contributed by atoms with van der Waals surface area (Å²) in [6.45, 7) is 0. The Morgan fingerprint density at radius 3 is 1.62 bits per heavy atom. The highest BCUT2D eigenvalue weighted by molar-refractivity contribution is 5.88. The summed E-state index contributed by atoms with van der Waals surface area (Å²) in [7, 11) is 0. The van der Waals surface area contributed by atoms with Crippen molar-refractivity contribution in [3.05, 3.63) is 185 Å². The van der Waals surface area contributed by atoms with Gasteiger partial charge in [-0.1, -0.05) is 133 Å². The standard InChI is InChI=1S/C51H40N4/c52-32-33-10-9-15-42(27-33)51(41-21-19-40(20-22-41)50-29-34-24-35(30-50)26-36(25-34)31-50)45-17-8-7-16-43(45)44-28-39(18-23-46(44)51)49-54-47(37-11-3-1-4-12-37)53-48(55-49)38-13-5-2-6-14-38/h1-23,27-28,34-36H,24-26,29-31H2. The topological polar surface area (TPSA) is 62.5 Å². The van der Waals surface area contributed by atoms with Crippen molar-refractivity contribution >= 4 is 0 Å². The second-order valence-corrected chi connectivity index (χ2v) is 16.6. The molecule has 5 aliphatic rings. The molecule has 1 heterocycles. The molecule has 0 spiro atoms. The van der Waals surface area contributed by atoms with Crippen molar-refractivity contribution < 1.29 is 0 Å². The van der Waals surface area contributed by atoms with E-state index >= 15 is 0 Å². The van der Waals surface area contributed by atoms with Crippen molar-refractivity contribution in [2.45, 2.75) is 49.4 Å². The second kappa shape index (κ2) is 12.4. The Morgan fingerprint density at radius 2 is 1.00 bits per heavy atom. The maximum atomic E-state index is 10.1. The van der Waals surface area contributed by atoms with Crippen LogP contribution in [0.4, 0.5) is 0 Å². The summed E-state index contributed by atoms with van der Waals surface area (Å²) in [5.74, 6) is 4.61. The van der Waals surface area contributed by atoms with Gasteiger partial charge in [-0.05, 0) is 119 Å². The highest BCUT2D eigenvalue weighted by Gasteiger charge is 2.52. The predicted octanol–water partition coefficient (Wildman–Crippen LogP) is 11.6. The van der Waals surface area contributed by atoms with E-state index in [1.165, 1.54) is 66.3 Å². The van der Waals surface area contributed by atoms with Crippen LogP contribution in [-0.4, -0.2) is 15.0 Å². The van der Waals surface area contributed by atoms with Gasteiger partial charge in [-0.25, -0.2) is 15.0 Å². The summed E-state index contributed by atoms with van der Waals surface area (Å²) in [6, 6.07) is 56.3. The third-order valence-corrected chi connectivity index (χ3v) is 13.4. The fraction of sp³-hybridized carbons (Fsp3) is 0.216. The van der Waals surface area contributed by atoms with Crippen LogP contribution in [0.5, 0.6) is 0 Å². The van der Waals surface area contributed by atoms with Crippen LogP contribution in [0, 0.1) is 29.1 Å². The zero-order valence-corrected chi connectivity index (χ0v) is 30.7. The molecule has 7 aromatic rings. The van der Waals surface area contributed by atoms with Gasteiger partial charge in [0, 0.05) is 16.7 Å². The van der Waals surface area contributed by atoms with Gasteiger partial charge in [0.15, 0.2) is 17.5 Å². The number of benzene rings is 6. The molecule has 55 heavy (non-hydrogen) atoms. The maximum Gasteiger partial charge on any atom is 0.164 e. The predicted molar refractivity (Wildman–Crippen MR) is 218 cm³/mol. The van der Waals surface area contributed by atoms with E-state index in [1.54, 1.807) is 0 Å². The minimum atomic E-state index is -0.610.